The maximum atomic E-state index is 5.76. The molecular weight excluding hydrogens is 334 g/mol. The number of rotatable bonds is 4. The Balaban J connectivity index is 1.75. The van der Waals surface area contributed by atoms with Crippen molar-refractivity contribution in [3.8, 4) is 17.1 Å². The molecule has 140 valence electrons. The first-order chi connectivity index (χ1) is 13.1. The quantitative estimate of drug-likeness (QED) is 0.630. The van der Waals surface area contributed by atoms with Crippen molar-refractivity contribution >= 4 is 16.7 Å². The summed E-state index contributed by atoms with van der Waals surface area (Å²) in [6, 6.07) is 16.4. The van der Waals surface area contributed by atoms with Gasteiger partial charge in [0.2, 0.25) is 0 Å². The number of hydrogen-bond acceptors (Lipinski definition) is 4. The first kappa shape index (κ1) is 17.8. The van der Waals surface area contributed by atoms with Crippen molar-refractivity contribution in [2.45, 2.75) is 39.7 Å². The van der Waals surface area contributed by atoms with Crippen LogP contribution >= 0.6 is 0 Å². The van der Waals surface area contributed by atoms with Gasteiger partial charge in [-0.05, 0) is 69.0 Å². The van der Waals surface area contributed by atoms with Gasteiger partial charge in [0.25, 0.3) is 0 Å². The fourth-order valence-electron chi connectivity index (χ4n) is 3.77. The highest BCUT2D eigenvalue weighted by Gasteiger charge is 2.21. The molecule has 27 heavy (non-hydrogen) atoms. The molecule has 1 saturated heterocycles. The number of ether oxygens (including phenoxy) is 1. The lowest BCUT2D eigenvalue weighted by atomic mass is 10.00. The second-order valence-corrected chi connectivity index (χ2v) is 7.77. The lowest BCUT2D eigenvalue weighted by Crippen LogP contribution is -2.35. The molecule has 1 fully saturated rings. The fraction of sp³-hybridized carbons (Fsp3) is 0.391. The van der Waals surface area contributed by atoms with Crippen molar-refractivity contribution in [3.63, 3.8) is 0 Å². The standard InChI is InChI=1S/C23H27N3O/c1-16(2)27-19-12-10-18(11-13-19)22-24-21-9-5-4-8-20(21)23(25-22)26-14-6-7-17(3)15-26/h4-5,8-13,16-17H,6-7,14-15H2,1-3H3/t17-/m1/s1. The zero-order valence-electron chi connectivity index (χ0n) is 16.4. The van der Waals surface area contributed by atoms with Crippen molar-refractivity contribution in [2.24, 2.45) is 5.92 Å². The lowest BCUT2D eigenvalue weighted by molar-refractivity contribution is 0.242. The van der Waals surface area contributed by atoms with Gasteiger partial charge in [0.05, 0.1) is 11.6 Å². The number of para-hydroxylation sites is 1. The Morgan fingerprint density at radius 2 is 1.81 bits per heavy atom. The molecule has 1 atom stereocenters. The van der Waals surface area contributed by atoms with Gasteiger partial charge in [0, 0.05) is 24.0 Å². The van der Waals surface area contributed by atoms with Gasteiger partial charge < -0.3 is 9.64 Å². The van der Waals surface area contributed by atoms with E-state index in [0.29, 0.717) is 5.92 Å². The van der Waals surface area contributed by atoms with E-state index < -0.39 is 0 Å². The first-order valence-electron chi connectivity index (χ1n) is 9.89. The maximum Gasteiger partial charge on any atom is 0.162 e. The highest BCUT2D eigenvalue weighted by atomic mass is 16.5. The van der Waals surface area contributed by atoms with E-state index in [-0.39, 0.29) is 6.10 Å². The average molecular weight is 361 g/mol. The van der Waals surface area contributed by atoms with Crippen molar-refractivity contribution in [2.75, 3.05) is 18.0 Å². The minimum Gasteiger partial charge on any atom is -0.491 e. The van der Waals surface area contributed by atoms with Crippen LogP contribution in [0.1, 0.15) is 33.6 Å². The second kappa shape index (κ2) is 7.55. The normalized spacial score (nSPS) is 17.5. The van der Waals surface area contributed by atoms with Gasteiger partial charge in [-0.2, -0.15) is 0 Å². The molecule has 1 aromatic heterocycles. The van der Waals surface area contributed by atoms with E-state index in [4.69, 9.17) is 14.7 Å². The van der Waals surface area contributed by atoms with Gasteiger partial charge in [-0.25, -0.2) is 9.97 Å². The molecule has 2 heterocycles. The third kappa shape index (κ3) is 3.90. The Morgan fingerprint density at radius 3 is 2.56 bits per heavy atom. The van der Waals surface area contributed by atoms with Crippen molar-refractivity contribution in [1.82, 2.24) is 9.97 Å². The predicted octanol–water partition coefficient (Wildman–Crippen LogP) is 5.32. The molecule has 4 heteroatoms. The van der Waals surface area contributed by atoms with Gasteiger partial charge in [-0.15, -0.1) is 0 Å². The third-order valence-electron chi connectivity index (χ3n) is 5.02. The number of nitrogens with zero attached hydrogens (tertiary/aromatic N) is 3. The minimum atomic E-state index is 0.167. The largest absolute Gasteiger partial charge is 0.491 e. The Bertz CT molecular complexity index is 921. The predicted molar refractivity (Wildman–Crippen MR) is 111 cm³/mol. The van der Waals surface area contributed by atoms with Gasteiger partial charge in [0.15, 0.2) is 5.82 Å². The number of fused-ring (bicyclic) bond motifs is 1. The molecule has 2 aromatic carbocycles. The van der Waals surface area contributed by atoms with Crippen LogP contribution in [0.2, 0.25) is 0 Å². The number of hydrogen-bond donors (Lipinski definition) is 0. The van der Waals surface area contributed by atoms with Crippen LogP contribution in [0.4, 0.5) is 5.82 Å². The first-order valence-corrected chi connectivity index (χ1v) is 9.89. The van der Waals surface area contributed by atoms with Crippen molar-refractivity contribution in [3.05, 3.63) is 48.5 Å². The summed E-state index contributed by atoms with van der Waals surface area (Å²) in [5.74, 6) is 3.41. The summed E-state index contributed by atoms with van der Waals surface area (Å²) in [5, 5.41) is 1.13. The van der Waals surface area contributed by atoms with Gasteiger partial charge in [0.1, 0.15) is 11.6 Å². The molecule has 4 nitrogen and oxygen atoms in total. The number of piperidine rings is 1. The highest BCUT2D eigenvalue weighted by molar-refractivity contribution is 5.91. The van der Waals surface area contributed by atoms with E-state index in [1.54, 1.807) is 0 Å². The van der Waals surface area contributed by atoms with Crippen LogP contribution in [0.3, 0.4) is 0 Å². The van der Waals surface area contributed by atoms with Crippen LogP contribution in [0, 0.1) is 5.92 Å². The summed E-state index contributed by atoms with van der Waals surface area (Å²) < 4.78 is 5.76. The van der Waals surface area contributed by atoms with Crippen molar-refractivity contribution < 1.29 is 4.74 Å². The van der Waals surface area contributed by atoms with E-state index in [2.05, 4.69) is 30.0 Å². The third-order valence-corrected chi connectivity index (χ3v) is 5.02. The molecule has 0 radical (unpaired) electrons. The minimum absolute atomic E-state index is 0.167. The number of benzene rings is 2. The highest BCUT2D eigenvalue weighted by Crippen LogP contribution is 2.31. The molecule has 0 bridgehead atoms. The van der Waals surface area contributed by atoms with Crippen LogP contribution < -0.4 is 9.64 Å². The number of anilines is 1. The monoisotopic (exact) mass is 361 g/mol. The molecule has 0 aliphatic carbocycles. The smallest absolute Gasteiger partial charge is 0.162 e. The summed E-state index contributed by atoms with van der Waals surface area (Å²) in [4.78, 5) is 12.3. The molecular formula is C23H27N3O. The van der Waals surface area contributed by atoms with E-state index in [0.717, 1.165) is 46.9 Å². The molecule has 4 rings (SSSR count). The fourth-order valence-corrected chi connectivity index (χ4v) is 3.77. The zero-order valence-corrected chi connectivity index (χ0v) is 16.4. The van der Waals surface area contributed by atoms with Crippen LogP contribution in [-0.2, 0) is 0 Å². The van der Waals surface area contributed by atoms with E-state index in [9.17, 15) is 0 Å². The van der Waals surface area contributed by atoms with Gasteiger partial charge >= 0.3 is 0 Å². The van der Waals surface area contributed by atoms with E-state index >= 15 is 0 Å². The average Bonchev–Trinajstić information content (AvgIpc) is 2.67. The Labute approximate surface area is 161 Å². The SMILES string of the molecule is CC(C)Oc1ccc(-c2nc(N3CCC[C@@H](C)C3)c3ccccc3n2)cc1. The van der Waals surface area contributed by atoms with Crippen LogP contribution in [0.25, 0.3) is 22.3 Å². The molecule has 0 unspecified atom stereocenters. The summed E-state index contributed by atoms with van der Waals surface area (Å²) >= 11 is 0. The molecule has 0 saturated carbocycles. The molecule has 3 aromatic rings. The summed E-state index contributed by atoms with van der Waals surface area (Å²) in [5.41, 5.74) is 2.02. The zero-order chi connectivity index (χ0) is 18.8. The Hall–Kier alpha value is -2.62. The van der Waals surface area contributed by atoms with Gasteiger partial charge in [-0.1, -0.05) is 19.1 Å². The van der Waals surface area contributed by atoms with Crippen LogP contribution in [-0.4, -0.2) is 29.2 Å². The molecule has 0 amide bonds. The maximum absolute atomic E-state index is 5.76. The Morgan fingerprint density at radius 1 is 1.04 bits per heavy atom. The summed E-state index contributed by atoms with van der Waals surface area (Å²) in [6.45, 7) is 8.51. The summed E-state index contributed by atoms with van der Waals surface area (Å²) in [7, 11) is 0. The van der Waals surface area contributed by atoms with Crippen molar-refractivity contribution in [1.29, 1.82) is 0 Å². The van der Waals surface area contributed by atoms with E-state index in [1.165, 1.54) is 12.8 Å². The van der Waals surface area contributed by atoms with Crippen LogP contribution in [0.5, 0.6) is 5.75 Å². The van der Waals surface area contributed by atoms with Gasteiger partial charge in [-0.3, -0.25) is 0 Å². The topological polar surface area (TPSA) is 38.2 Å². The number of aromatic nitrogens is 2. The second-order valence-electron chi connectivity index (χ2n) is 7.77. The van der Waals surface area contributed by atoms with Crippen LogP contribution in [0.15, 0.2) is 48.5 Å². The molecule has 1 aliphatic rings. The molecule has 1 aliphatic heterocycles. The molecule has 0 N–H and O–H groups in total. The lowest BCUT2D eigenvalue weighted by Gasteiger charge is -2.32. The summed E-state index contributed by atoms with van der Waals surface area (Å²) in [6.07, 6.45) is 2.68. The Kier molecular flexibility index (Phi) is 4.97. The molecule has 0 spiro atoms. The van der Waals surface area contributed by atoms with E-state index in [1.807, 2.05) is 44.2 Å².